The predicted octanol–water partition coefficient (Wildman–Crippen LogP) is 6.76. The number of aryl methyl sites for hydroxylation is 2. The van der Waals surface area contributed by atoms with Crippen molar-refractivity contribution in [3.63, 3.8) is 0 Å². The number of rotatable bonds is 10. The van der Waals surface area contributed by atoms with Crippen molar-refractivity contribution in [3.8, 4) is 0 Å². The van der Waals surface area contributed by atoms with Crippen LogP contribution in [0.1, 0.15) is 76.8 Å². The second kappa shape index (κ2) is 20.3. The van der Waals surface area contributed by atoms with E-state index in [1.165, 1.54) is 43.2 Å². The molecule has 0 radical (unpaired) electrons. The number of nitrogens with zero attached hydrogens (tertiary/aromatic N) is 1. The molecule has 1 aliphatic heterocycles. The van der Waals surface area contributed by atoms with Crippen molar-refractivity contribution in [2.45, 2.75) is 84.6 Å². The minimum atomic E-state index is 0.287. The van der Waals surface area contributed by atoms with Crippen molar-refractivity contribution in [2.75, 3.05) is 7.05 Å². The van der Waals surface area contributed by atoms with Crippen LogP contribution in [0.3, 0.4) is 0 Å². The summed E-state index contributed by atoms with van der Waals surface area (Å²) in [5.74, 6) is 0.962. The number of hydrogen-bond acceptors (Lipinski definition) is 4. The lowest BCUT2D eigenvalue weighted by atomic mass is 9.94. The second-order valence-electron chi connectivity index (χ2n) is 8.09. The summed E-state index contributed by atoms with van der Waals surface area (Å²) in [7, 11) is 1.64. The van der Waals surface area contributed by atoms with Gasteiger partial charge in [-0.3, -0.25) is 0 Å². The van der Waals surface area contributed by atoms with E-state index in [9.17, 15) is 9.90 Å². The summed E-state index contributed by atoms with van der Waals surface area (Å²) in [6, 6.07) is 8.74. The molecule has 2 unspecified atom stereocenters. The summed E-state index contributed by atoms with van der Waals surface area (Å²) >= 11 is 0. The molecule has 1 heterocycles. The van der Waals surface area contributed by atoms with Crippen molar-refractivity contribution in [1.82, 2.24) is 5.32 Å². The fraction of sp³-hybridized carbons (Fsp3) is 0.536. The molecular weight excluding hydrogens is 396 g/mol. The zero-order valence-electron chi connectivity index (χ0n) is 20.6. The first-order valence-corrected chi connectivity index (χ1v) is 11.9. The molecule has 1 aromatic carbocycles. The predicted molar refractivity (Wildman–Crippen MR) is 139 cm³/mol. The van der Waals surface area contributed by atoms with E-state index >= 15 is 0 Å². The lowest BCUT2D eigenvalue weighted by Gasteiger charge is -2.21. The molecule has 32 heavy (non-hydrogen) atoms. The van der Waals surface area contributed by atoms with E-state index < -0.39 is 0 Å². The lowest BCUT2D eigenvalue weighted by molar-refractivity contribution is -0.107. The number of benzene rings is 1. The summed E-state index contributed by atoms with van der Waals surface area (Å²) in [6.07, 6.45) is 16.3. The van der Waals surface area contributed by atoms with Crippen LogP contribution in [0.2, 0.25) is 0 Å². The average Bonchev–Trinajstić information content (AvgIpc) is 2.79. The molecule has 0 saturated carbocycles. The number of nitrogens with one attached hydrogen (secondary N) is 1. The summed E-state index contributed by atoms with van der Waals surface area (Å²) in [6.45, 7) is 9.75. The second-order valence-corrected chi connectivity index (χ2v) is 8.09. The number of aldehydes is 1. The molecule has 1 aromatic rings. The number of allylic oxidation sites excluding steroid dienone is 1. The highest BCUT2D eigenvalue weighted by Crippen LogP contribution is 2.16. The van der Waals surface area contributed by atoms with E-state index in [0.717, 1.165) is 19.1 Å². The molecule has 4 heteroatoms. The molecular formula is C28H44N2O2. The molecule has 4 nitrogen and oxygen atoms in total. The van der Waals surface area contributed by atoms with Crippen LogP contribution in [0.4, 0.5) is 0 Å². The Hall–Kier alpha value is -2.58. The molecule has 178 valence electrons. The largest absolute Gasteiger partial charge is 0.510 e. The van der Waals surface area contributed by atoms with Crippen LogP contribution >= 0.6 is 0 Å². The molecule has 2 N–H and O–H groups in total. The zero-order chi connectivity index (χ0) is 24.0. The Morgan fingerprint density at radius 3 is 2.47 bits per heavy atom. The molecule has 0 saturated heterocycles. The topological polar surface area (TPSA) is 61.7 Å². The molecule has 0 bridgehead atoms. The number of carbonyl (C=O) groups excluding carboxylic acids is 1. The van der Waals surface area contributed by atoms with Gasteiger partial charge in [0.05, 0.1) is 6.04 Å². The lowest BCUT2D eigenvalue weighted by Crippen LogP contribution is -2.29. The van der Waals surface area contributed by atoms with E-state index in [2.05, 4.69) is 73.9 Å². The fourth-order valence-electron chi connectivity index (χ4n) is 3.20. The van der Waals surface area contributed by atoms with E-state index in [1.54, 1.807) is 13.2 Å². The van der Waals surface area contributed by atoms with Crippen LogP contribution < -0.4 is 5.32 Å². The van der Waals surface area contributed by atoms with Crippen molar-refractivity contribution < 1.29 is 9.90 Å². The molecule has 1 aliphatic rings. The third-order valence-electron chi connectivity index (χ3n) is 5.26. The first-order chi connectivity index (χ1) is 15.5. The van der Waals surface area contributed by atoms with Gasteiger partial charge in [0.2, 0.25) is 0 Å². The third-order valence-corrected chi connectivity index (χ3v) is 5.26. The molecule has 0 fully saturated rings. The van der Waals surface area contributed by atoms with Gasteiger partial charge in [-0.25, -0.2) is 0 Å². The maximum atomic E-state index is 10.1. The van der Waals surface area contributed by atoms with Gasteiger partial charge in [0.15, 0.2) is 0 Å². The van der Waals surface area contributed by atoms with Gasteiger partial charge in [0, 0.05) is 26.1 Å². The zero-order valence-corrected chi connectivity index (χ0v) is 20.6. The Morgan fingerprint density at radius 2 is 1.88 bits per heavy atom. The number of aliphatic hydroxyl groups excluding tert-OH is 1. The standard InChI is InChI=1S/C15H25NO.C11H14O.C2H5N/c1-3-4-5-6-9-13(2)15-11-8-7-10-14(17)12-16-15;1-2-10-5-7-11(8-6-10)4-3-9-12;1-3-2/h7,11-13,15-17H,3-6,9-10H2,1-2H3;5-9H,2-4H2,1H3;1H2,2H3/b14-12+;;. The van der Waals surface area contributed by atoms with Crippen LogP contribution in [-0.2, 0) is 17.6 Å². The minimum absolute atomic E-state index is 0.287. The summed E-state index contributed by atoms with van der Waals surface area (Å²) in [5, 5.41) is 12.7. The van der Waals surface area contributed by atoms with Gasteiger partial charge in [-0.1, -0.05) is 70.7 Å². The highest BCUT2D eigenvalue weighted by atomic mass is 16.3. The van der Waals surface area contributed by atoms with Gasteiger partial charge in [-0.2, -0.15) is 0 Å². The highest BCUT2D eigenvalue weighted by Gasteiger charge is 2.13. The van der Waals surface area contributed by atoms with Crippen LogP contribution in [0.25, 0.3) is 0 Å². The van der Waals surface area contributed by atoms with Crippen molar-refractivity contribution in [2.24, 2.45) is 10.9 Å². The first kappa shape index (κ1) is 29.4. The van der Waals surface area contributed by atoms with Crippen molar-refractivity contribution >= 4 is 13.0 Å². The molecule has 2 atom stereocenters. The quantitative estimate of drug-likeness (QED) is 0.183. The SMILES string of the molecule is C=NC.CCCCCCC(C)C1C=C=CC/C(O)=C\N1.CCc1ccc(CCC=O)cc1. The third kappa shape index (κ3) is 15.3. The van der Waals surface area contributed by atoms with Gasteiger partial charge >= 0.3 is 0 Å². The normalized spacial score (nSPS) is 17.0. The van der Waals surface area contributed by atoms with Crippen molar-refractivity contribution in [3.05, 3.63) is 65.2 Å². The molecule has 2 rings (SSSR count). The number of hydrogen-bond donors (Lipinski definition) is 2. The average molecular weight is 441 g/mol. The molecule has 0 spiro atoms. The fourth-order valence-corrected chi connectivity index (χ4v) is 3.20. The Bertz CT molecular complexity index is 701. The van der Waals surface area contributed by atoms with Crippen molar-refractivity contribution in [1.29, 1.82) is 0 Å². The summed E-state index contributed by atoms with van der Waals surface area (Å²) < 4.78 is 0. The first-order valence-electron chi connectivity index (χ1n) is 11.9. The molecule has 0 amide bonds. The molecule has 0 aliphatic carbocycles. The van der Waals surface area contributed by atoms with Gasteiger partial charge in [0.1, 0.15) is 12.0 Å². The molecule has 0 aromatic heterocycles. The highest BCUT2D eigenvalue weighted by molar-refractivity contribution is 5.50. The van der Waals surface area contributed by atoms with Gasteiger partial charge in [-0.15, -0.1) is 5.73 Å². The van der Waals surface area contributed by atoms with Gasteiger partial charge < -0.3 is 20.2 Å². The number of unbranched alkanes of at least 4 members (excludes halogenated alkanes) is 3. The minimum Gasteiger partial charge on any atom is -0.510 e. The van der Waals surface area contributed by atoms with Gasteiger partial charge in [-0.05, 0) is 55.2 Å². The summed E-state index contributed by atoms with van der Waals surface area (Å²) in [4.78, 5) is 13.4. The smallest absolute Gasteiger partial charge is 0.120 e. The van der Waals surface area contributed by atoms with E-state index in [-0.39, 0.29) is 6.04 Å². The van der Waals surface area contributed by atoms with E-state index in [1.807, 2.05) is 6.08 Å². The number of aliphatic imine (C=N–C) groups is 1. The van der Waals surface area contributed by atoms with Gasteiger partial charge in [0.25, 0.3) is 0 Å². The Kier molecular flexibility index (Phi) is 18.7. The Labute approximate surface area is 196 Å². The van der Waals surface area contributed by atoms with Crippen LogP contribution in [-0.4, -0.2) is 31.2 Å². The maximum Gasteiger partial charge on any atom is 0.120 e. The Morgan fingerprint density at radius 1 is 1.22 bits per heavy atom. The van der Waals surface area contributed by atoms with E-state index in [0.29, 0.717) is 24.5 Å². The van der Waals surface area contributed by atoms with Crippen LogP contribution in [0, 0.1) is 5.92 Å². The van der Waals surface area contributed by atoms with E-state index in [4.69, 9.17) is 0 Å². The Balaban J connectivity index is 0.000000559. The number of aliphatic hydroxyl groups is 1. The van der Waals surface area contributed by atoms with Crippen LogP contribution in [0.15, 0.2) is 59.1 Å². The maximum absolute atomic E-state index is 10.1. The summed E-state index contributed by atoms with van der Waals surface area (Å²) in [5.41, 5.74) is 5.74. The monoisotopic (exact) mass is 440 g/mol. The van der Waals surface area contributed by atoms with Crippen LogP contribution in [0.5, 0.6) is 0 Å². The number of carbonyl (C=O) groups is 1.